The molecule has 2 rings (SSSR count). The monoisotopic (exact) mass is 263 g/mol. The quantitative estimate of drug-likeness (QED) is 0.791. The van der Waals surface area contributed by atoms with Gasteiger partial charge in [0.1, 0.15) is 5.75 Å². The molecule has 1 aromatic heterocycles. The Morgan fingerprint density at radius 1 is 1.58 bits per heavy atom. The number of fused-ring (bicyclic) bond motifs is 1. The number of phenolic OH excluding ortho intramolecular Hbond substituents is 1. The lowest BCUT2D eigenvalue weighted by atomic mass is 10.3. The number of nitrogens with zero attached hydrogens (tertiary/aromatic N) is 1. The molecule has 12 heavy (non-hydrogen) atoms. The van der Waals surface area contributed by atoms with Gasteiger partial charge >= 0.3 is 0 Å². The van der Waals surface area contributed by atoms with E-state index in [9.17, 15) is 5.11 Å². The van der Waals surface area contributed by atoms with E-state index in [0.29, 0.717) is 9.50 Å². The van der Waals surface area contributed by atoms with E-state index >= 15 is 0 Å². The highest BCUT2D eigenvalue weighted by Gasteiger charge is 2.10. The number of halogens is 2. The van der Waals surface area contributed by atoms with Gasteiger partial charge in [0.2, 0.25) is 0 Å². The highest BCUT2D eigenvalue weighted by atomic mass is 79.9. The van der Waals surface area contributed by atoms with Crippen LogP contribution in [0.1, 0.15) is 0 Å². The summed E-state index contributed by atoms with van der Waals surface area (Å²) in [4.78, 5) is 0. The summed E-state index contributed by atoms with van der Waals surface area (Å²) in [6.07, 6.45) is 1.65. The summed E-state index contributed by atoms with van der Waals surface area (Å²) in [7, 11) is 0. The maximum absolute atomic E-state index is 9.42. The molecule has 0 bridgehead atoms. The molecule has 0 atom stereocenters. The highest BCUT2D eigenvalue weighted by Crippen LogP contribution is 2.39. The van der Waals surface area contributed by atoms with Crippen molar-refractivity contribution in [3.63, 3.8) is 0 Å². The molecular formula is C7H3BrClNOS. The van der Waals surface area contributed by atoms with Crippen LogP contribution in [0.4, 0.5) is 0 Å². The number of phenols is 1. The van der Waals surface area contributed by atoms with Crippen LogP contribution in [0, 0.1) is 0 Å². The Morgan fingerprint density at radius 3 is 3.08 bits per heavy atom. The van der Waals surface area contributed by atoms with Gasteiger partial charge in [-0.05, 0) is 33.5 Å². The first kappa shape index (κ1) is 8.29. The third-order valence-electron chi connectivity index (χ3n) is 1.53. The minimum atomic E-state index is 0.0735. The van der Waals surface area contributed by atoms with Gasteiger partial charge in [-0.1, -0.05) is 11.6 Å². The Kier molecular flexibility index (Phi) is 1.98. The molecule has 0 unspecified atom stereocenters. The predicted molar refractivity (Wildman–Crippen MR) is 54.0 cm³/mol. The number of hydrogen-bond donors (Lipinski definition) is 1. The van der Waals surface area contributed by atoms with Crippen LogP contribution in [0.3, 0.4) is 0 Å². The number of aromatic nitrogens is 1. The number of rotatable bonds is 0. The van der Waals surface area contributed by atoms with Crippen molar-refractivity contribution in [2.24, 2.45) is 0 Å². The van der Waals surface area contributed by atoms with Gasteiger partial charge in [-0.25, -0.2) is 0 Å². The van der Waals surface area contributed by atoms with Crippen LogP contribution < -0.4 is 0 Å². The van der Waals surface area contributed by atoms with E-state index in [0.717, 1.165) is 10.1 Å². The van der Waals surface area contributed by atoms with Crippen LogP contribution in [0.2, 0.25) is 5.02 Å². The Hall–Kier alpha value is -0.320. The molecule has 0 fully saturated rings. The first-order valence-corrected chi connectivity index (χ1v) is 5.06. The van der Waals surface area contributed by atoms with Gasteiger partial charge in [-0.2, -0.15) is 4.37 Å². The van der Waals surface area contributed by atoms with Gasteiger partial charge in [0.15, 0.2) is 0 Å². The Bertz CT molecular complexity index is 442. The number of aromatic hydroxyl groups is 1. The first-order valence-electron chi connectivity index (χ1n) is 3.11. The van der Waals surface area contributed by atoms with E-state index in [1.165, 1.54) is 11.5 Å². The van der Waals surface area contributed by atoms with Crippen molar-refractivity contribution in [1.82, 2.24) is 4.37 Å². The van der Waals surface area contributed by atoms with E-state index < -0.39 is 0 Å². The zero-order valence-corrected chi connectivity index (χ0v) is 8.87. The second kappa shape index (κ2) is 2.87. The summed E-state index contributed by atoms with van der Waals surface area (Å²) in [5, 5.41) is 10.6. The maximum Gasteiger partial charge on any atom is 0.149 e. The van der Waals surface area contributed by atoms with Gasteiger partial charge in [-0.15, -0.1) is 0 Å². The zero-order chi connectivity index (χ0) is 8.72. The van der Waals surface area contributed by atoms with Gasteiger partial charge in [0, 0.05) is 5.39 Å². The number of benzene rings is 1. The van der Waals surface area contributed by atoms with Crippen LogP contribution in [0.5, 0.6) is 5.75 Å². The minimum absolute atomic E-state index is 0.0735. The molecule has 62 valence electrons. The topological polar surface area (TPSA) is 33.1 Å². The molecule has 0 aliphatic heterocycles. The van der Waals surface area contributed by atoms with E-state index in [1.807, 2.05) is 0 Å². The summed E-state index contributed by atoms with van der Waals surface area (Å²) >= 11 is 10.4. The normalized spacial score (nSPS) is 10.8. The maximum atomic E-state index is 9.42. The van der Waals surface area contributed by atoms with Crippen LogP contribution >= 0.6 is 39.1 Å². The second-order valence-corrected chi connectivity index (χ2v) is 4.32. The lowest BCUT2D eigenvalue weighted by molar-refractivity contribution is 0.473. The SMILES string of the molecule is Oc1c(Br)cc2sncc2c1Cl. The van der Waals surface area contributed by atoms with Crippen molar-refractivity contribution in [2.75, 3.05) is 0 Å². The molecule has 0 saturated carbocycles. The molecule has 0 aliphatic carbocycles. The summed E-state index contributed by atoms with van der Waals surface area (Å²) in [5.74, 6) is 0.0735. The van der Waals surface area contributed by atoms with Crippen LogP contribution in [0.15, 0.2) is 16.7 Å². The van der Waals surface area contributed by atoms with Crippen molar-refractivity contribution in [3.05, 3.63) is 21.8 Å². The molecule has 2 aromatic rings. The Morgan fingerprint density at radius 2 is 2.33 bits per heavy atom. The molecule has 0 aliphatic rings. The second-order valence-electron chi connectivity index (χ2n) is 2.26. The molecule has 1 aromatic carbocycles. The third-order valence-corrected chi connectivity index (χ3v) is 3.26. The smallest absolute Gasteiger partial charge is 0.149 e. The van der Waals surface area contributed by atoms with Crippen molar-refractivity contribution >= 4 is 49.1 Å². The summed E-state index contributed by atoms with van der Waals surface area (Å²) < 4.78 is 5.53. The van der Waals surface area contributed by atoms with Crippen molar-refractivity contribution in [3.8, 4) is 5.75 Å². The molecule has 2 nitrogen and oxygen atoms in total. The van der Waals surface area contributed by atoms with E-state index in [-0.39, 0.29) is 5.75 Å². The first-order chi connectivity index (χ1) is 5.70. The van der Waals surface area contributed by atoms with E-state index in [4.69, 9.17) is 11.6 Å². The summed E-state index contributed by atoms with van der Waals surface area (Å²) in [5.41, 5.74) is 0. The molecule has 0 radical (unpaired) electrons. The fraction of sp³-hybridized carbons (Fsp3) is 0. The van der Waals surface area contributed by atoms with E-state index in [1.54, 1.807) is 12.3 Å². The highest BCUT2D eigenvalue weighted by molar-refractivity contribution is 9.10. The molecule has 5 heteroatoms. The number of hydrogen-bond acceptors (Lipinski definition) is 3. The lowest BCUT2D eigenvalue weighted by Crippen LogP contribution is -1.72. The third kappa shape index (κ3) is 1.11. The van der Waals surface area contributed by atoms with E-state index in [2.05, 4.69) is 20.3 Å². The van der Waals surface area contributed by atoms with Gasteiger partial charge < -0.3 is 5.11 Å². The summed E-state index contributed by atoms with van der Waals surface area (Å²) in [6, 6.07) is 1.80. The van der Waals surface area contributed by atoms with Crippen molar-refractivity contribution < 1.29 is 5.11 Å². The van der Waals surface area contributed by atoms with Gasteiger partial charge in [-0.3, -0.25) is 0 Å². The lowest BCUT2D eigenvalue weighted by Gasteiger charge is -1.99. The molecule has 0 spiro atoms. The fourth-order valence-corrected chi connectivity index (χ4v) is 2.63. The Labute approximate surface area is 86.1 Å². The predicted octanol–water partition coefficient (Wildman–Crippen LogP) is 3.42. The molecule has 0 saturated heterocycles. The van der Waals surface area contributed by atoms with Crippen molar-refractivity contribution in [2.45, 2.75) is 0 Å². The van der Waals surface area contributed by atoms with Gasteiger partial charge in [0.25, 0.3) is 0 Å². The molecule has 0 amide bonds. The zero-order valence-electron chi connectivity index (χ0n) is 5.71. The van der Waals surface area contributed by atoms with Crippen LogP contribution in [0.25, 0.3) is 10.1 Å². The molecular weight excluding hydrogens is 262 g/mol. The van der Waals surface area contributed by atoms with Crippen molar-refractivity contribution in [1.29, 1.82) is 0 Å². The Balaban J connectivity index is 2.94. The fourth-order valence-electron chi connectivity index (χ4n) is 0.933. The average molecular weight is 265 g/mol. The average Bonchev–Trinajstić information content (AvgIpc) is 2.48. The molecule has 1 heterocycles. The van der Waals surface area contributed by atoms with Gasteiger partial charge in [0.05, 0.1) is 20.4 Å². The summed E-state index contributed by atoms with van der Waals surface area (Å²) in [6.45, 7) is 0. The largest absolute Gasteiger partial charge is 0.505 e. The van der Waals surface area contributed by atoms with Crippen LogP contribution in [-0.4, -0.2) is 9.48 Å². The van der Waals surface area contributed by atoms with Crippen LogP contribution in [-0.2, 0) is 0 Å². The standard InChI is InChI=1S/C7H3BrClNOS/c8-4-1-5-3(2-10-12-5)6(9)7(4)11/h1-2,11H. The minimum Gasteiger partial charge on any atom is -0.505 e. The molecule has 1 N–H and O–H groups in total.